The number of unbranched alkanes of at least 4 members (excludes halogenated alkanes) is 1. The fourth-order valence-corrected chi connectivity index (χ4v) is 7.66. The van der Waals surface area contributed by atoms with Crippen LogP contribution < -0.4 is 37.5 Å². The van der Waals surface area contributed by atoms with Gasteiger partial charge in [0.15, 0.2) is 11.6 Å². The van der Waals surface area contributed by atoms with Gasteiger partial charge in [-0.3, -0.25) is 28.8 Å². The number of hydrogen-bond donors (Lipinski definition) is 7. The van der Waals surface area contributed by atoms with Crippen LogP contribution in [0.15, 0.2) is 54.7 Å². The number of hydrogen-bond acceptors (Lipinski definition) is 10. The van der Waals surface area contributed by atoms with E-state index in [4.69, 9.17) is 16.2 Å². The average molecular weight is 794 g/mol. The molecule has 0 aliphatic carbocycles. The zero-order valence-electron chi connectivity index (χ0n) is 31.9. The molecule has 1 aromatic heterocycles. The number of thioether (sulfide) groups is 1. The summed E-state index contributed by atoms with van der Waals surface area (Å²) in [6, 6.07) is 11.7. The highest BCUT2D eigenvalue weighted by molar-refractivity contribution is 7.99. The molecule has 1 aliphatic rings. The van der Waals surface area contributed by atoms with Crippen molar-refractivity contribution in [2.75, 3.05) is 31.2 Å². The molecule has 0 spiro atoms. The number of H-pyrrole nitrogens is 1. The Kier molecular flexibility index (Phi) is 18.0. The van der Waals surface area contributed by atoms with Crippen LogP contribution in [0.25, 0.3) is 10.9 Å². The van der Waals surface area contributed by atoms with Crippen LogP contribution in [0.4, 0.5) is 0 Å². The first-order valence-corrected chi connectivity index (χ1v) is 20.0. The van der Waals surface area contributed by atoms with Gasteiger partial charge in [0.25, 0.3) is 0 Å². The van der Waals surface area contributed by atoms with Crippen molar-refractivity contribution in [1.82, 2.24) is 26.3 Å². The molecule has 1 aliphatic heterocycles. The van der Waals surface area contributed by atoms with E-state index < -0.39 is 47.3 Å². The van der Waals surface area contributed by atoms with Gasteiger partial charge in [-0.2, -0.15) is 11.8 Å². The minimum absolute atomic E-state index is 0. The monoisotopic (exact) mass is 793 g/mol. The molecule has 5 atom stereocenters. The highest BCUT2D eigenvalue weighted by atomic mass is 32.2. The number of aromatic nitrogens is 1. The number of amides is 4. The molecule has 2 heterocycles. The van der Waals surface area contributed by atoms with Crippen LogP contribution in [-0.2, 0) is 41.6 Å². The fraction of sp³-hybridized carbons (Fsp3) is 0.512. The molecule has 15 heteroatoms. The topological polar surface area (TPSA) is 228 Å². The van der Waals surface area contributed by atoms with E-state index in [9.17, 15) is 28.8 Å². The van der Waals surface area contributed by atoms with Gasteiger partial charge in [-0.1, -0.05) is 37.8 Å². The van der Waals surface area contributed by atoms with Gasteiger partial charge < -0.3 is 42.5 Å². The van der Waals surface area contributed by atoms with E-state index in [2.05, 4.69) is 26.3 Å². The number of para-hydroxylation sites is 1. The highest BCUT2D eigenvalue weighted by Crippen LogP contribution is 2.23. The summed E-state index contributed by atoms with van der Waals surface area (Å²) in [6.45, 7) is 5.56. The molecule has 9 N–H and O–H groups in total. The van der Waals surface area contributed by atoms with E-state index >= 15 is 0 Å². The first-order valence-electron chi connectivity index (χ1n) is 18.8. The molecular weight excluding hydrogens is 735 g/mol. The number of ether oxygens (including phenoxy) is 1. The second kappa shape index (κ2) is 22.1. The van der Waals surface area contributed by atoms with Gasteiger partial charge in [0.1, 0.15) is 24.4 Å². The lowest BCUT2D eigenvalue weighted by atomic mass is 9.89. The van der Waals surface area contributed by atoms with Gasteiger partial charge in [0, 0.05) is 55.6 Å². The SMILES string of the molecule is C.CC(=O)N[C@H]1CCSC[C@@H](C(=O)N[C@@H](Cc2ccc(OCCN)cc2)C(=O)N[C@@H](Cc2c[nH]c3ccccc23)C(=O)N[C@@](C)(CCCCN)C(C)=O)CC1=O. The molecule has 0 saturated carbocycles. The van der Waals surface area contributed by atoms with Gasteiger partial charge in [-0.25, -0.2) is 0 Å². The second-order valence-electron chi connectivity index (χ2n) is 14.3. The summed E-state index contributed by atoms with van der Waals surface area (Å²) in [5, 5.41) is 12.3. The smallest absolute Gasteiger partial charge is 0.243 e. The number of nitrogens with one attached hydrogen (secondary N) is 5. The molecule has 1 fully saturated rings. The molecule has 1 saturated heterocycles. The Morgan fingerprint density at radius 2 is 1.66 bits per heavy atom. The maximum Gasteiger partial charge on any atom is 0.243 e. The van der Waals surface area contributed by atoms with Crippen molar-refractivity contribution >= 4 is 57.9 Å². The Morgan fingerprint density at radius 3 is 2.34 bits per heavy atom. The minimum atomic E-state index is -1.20. The second-order valence-corrected chi connectivity index (χ2v) is 15.4. The fourth-order valence-electron chi connectivity index (χ4n) is 6.54. The van der Waals surface area contributed by atoms with Gasteiger partial charge in [0.05, 0.1) is 17.5 Å². The highest BCUT2D eigenvalue weighted by Gasteiger charge is 2.36. The molecule has 306 valence electrons. The molecule has 4 amide bonds. The first kappa shape index (κ1) is 45.7. The standard InChI is InChI=1S/C40H55N7O7S.CH4/c1-25(48)40(3,15-6-7-16-41)47-39(53)35(21-28-23-43-32-9-5-4-8-31(28)32)46-38(52)34(20-27-10-12-30(13-11-27)54-18-17-42)45-37(51)29-22-36(50)33(44-26(2)49)14-19-55-24-29;/h4-5,8-13,23,29,33-35,43H,6-7,14-22,24,41-42H2,1-3H3,(H,44,49)(H,45,51)(H,46,52)(H,47,53);1H4/t29-,33-,34-,35-,40-;/m0./s1. The summed E-state index contributed by atoms with van der Waals surface area (Å²) < 4.78 is 5.61. The van der Waals surface area contributed by atoms with E-state index in [0.717, 1.165) is 16.5 Å². The van der Waals surface area contributed by atoms with Crippen LogP contribution in [0.5, 0.6) is 5.75 Å². The van der Waals surface area contributed by atoms with Gasteiger partial charge >= 0.3 is 0 Å². The lowest BCUT2D eigenvalue weighted by molar-refractivity contribution is -0.135. The van der Waals surface area contributed by atoms with Crippen molar-refractivity contribution in [2.45, 2.75) is 96.8 Å². The van der Waals surface area contributed by atoms with E-state index in [1.165, 1.54) is 25.6 Å². The number of carbonyl (C=O) groups excluding carboxylic acids is 6. The summed E-state index contributed by atoms with van der Waals surface area (Å²) in [4.78, 5) is 83.5. The molecule has 0 radical (unpaired) electrons. The number of ketones is 2. The summed E-state index contributed by atoms with van der Waals surface area (Å²) >= 11 is 1.50. The molecule has 3 aromatic rings. The lowest BCUT2D eigenvalue weighted by Gasteiger charge is -2.31. The van der Waals surface area contributed by atoms with E-state index in [0.29, 0.717) is 68.2 Å². The largest absolute Gasteiger partial charge is 0.492 e. The Morgan fingerprint density at radius 1 is 0.946 bits per heavy atom. The molecule has 2 aromatic carbocycles. The molecule has 4 rings (SSSR count). The van der Waals surface area contributed by atoms with Gasteiger partial charge in [0.2, 0.25) is 23.6 Å². The Hall–Kier alpha value is -4.73. The molecule has 56 heavy (non-hydrogen) atoms. The minimum Gasteiger partial charge on any atom is -0.492 e. The van der Waals surface area contributed by atoms with Gasteiger partial charge in [-0.15, -0.1) is 0 Å². The number of nitrogens with two attached hydrogens (primary N) is 2. The molecular formula is C41H59N7O7S. The summed E-state index contributed by atoms with van der Waals surface area (Å²) in [6.07, 6.45) is 3.94. The third-order valence-corrected chi connectivity index (χ3v) is 11.0. The van der Waals surface area contributed by atoms with Crippen LogP contribution in [0.3, 0.4) is 0 Å². The van der Waals surface area contributed by atoms with Crippen LogP contribution in [0.1, 0.15) is 71.4 Å². The van der Waals surface area contributed by atoms with Crippen molar-refractivity contribution in [1.29, 1.82) is 0 Å². The number of rotatable bonds is 19. The average Bonchev–Trinajstić information content (AvgIpc) is 3.56. The summed E-state index contributed by atoms with van der Waals surface area (Å²) in [5.41, 5.74) is 12.4. The van der Waals surface area contributed by atoms with E-state index in [1.807, 2.05) is 24.3 Å². The number of Topliss-reactive ketones (excluding diaryl/α,β-unsaturated/α-hetero) is 2. The maximum atomic E-state index is 14.4. The Bertz CT molecular complexity index is 1800. The number of carbonyl (C=O) groups is 6. The summed E-state index contributed by atoms with van der Waals surface area (Å²) in [7, 11) is 0. The predicted octanol–water partition coefficient (Wildman–Crippen LogP) is 2.71. The zero-order valence-corrected chi connectivity index (χ0v) is 32.7. The zero-order chi connectivity index (χ0) is 40.0. The third-order valence-electron chi connectivity index (χ3n) is 9.88. The molecule has 0 bridgehead atoms. The van der Waals surface area contributed by atoms with E-state index in [-0.39, 0.29) is 44.2 Å². The normalized spacial score (nSPS) is 17.8. The van der Waals surface area contributed by atoms with Crippen LogP contribution in [0, 0.1) is 5.92 Å². The number of benzene rings is 2. The molecule has 14 nitrogen and oxygen atoms in total. The third kappa shape index (κ3) is 13.2. The Labute approximate surface area is 333 Å². The number of aromatic amines is 1. The van der Waals surface area contributed by atoms with Crippen molar-refractivity contribution in [2.24, 2.45) is 17.4 Å². The quantitative estimate of drug-likeness (QED) is 0.0879. The van der Waals surface area contributed by atoms with Crippen molar-refractivity contribution in [3.05, 3.63) is 65.9 Å². The maximum absolute atomic E-state index is 14.4. The summed E-state index contributed by atoms with van der Waals surface area (Å²) in [5.74, 6) is -1.72. The van der Waals surface area contributed by atoms with Crippen molar-refractivity contribution in [3.63, 3.8) is 0 Å². The molecule has 0 unspecified atom stereocenters. The Balaban J connectivity index is 0.00000841. The number of fused-ring (bicyclic) bond motifs is 1. The predicted molar refractivity (Wildman–Crippen MR) is 220 cm³/mol. The van der Waals surface area contributed by atoms with Crippen LogP contribution in [0.2, 0.25) is 0 Å². The van der Waals surface area contributed by atoms with Crippen molar-refractivity contribution in [3.8, 4) is 5.75 Å². The van der Waals surface area contributed by atoms with Crippen LogP contribution >= 0.6 is 11.8 Å². The van der Waals surface area contributed by atoms with E-state index in [1.54, 1.807) is 37.4 Å². The van der Waals surface area contributed by atoms with Crippen LogP contribution in [-0.4, -0.2) is 95.0 Å². The van der Waals surface area contributed by atoms with Crippen molar-refractivity contribution < 1.29 is 33.5 Å². The first-order chi connectivity index (χ1) is 26.3. The van der Waals surface area contributed by atoms with Gasteiger partial charge in [-0.05, 0) is 81.2 Å². The lowest BCUT2D eigenvalue weighted by Crippen LogP contribution is -2.60.